The molecule has 1 aliphatic rings. The number of aromatic nitrogens is 2. The van der Waals surface area contributed by atoms with Gasteiger partial charge in [-0.1, -0.05) is 216 Å². The standard InChI is InChI=1S/C52H57BN2S2/c1-4-6-8-10-12-22-34-52(35-23-13-11-9-7-5-2)46-29-21-20-28-41(46)44-37-48(53(39-24-16-14-17-25-39)40-26-18-15-19-27-40)45(36-47(44)52)42-31-32-43(49-33-30-38(3)56-49)51-50(42)54-57-55-51/h14-21,24-33,36-37H,4-13,22-23,34-35H2,1-3H3. The molecule has 0 spiro atoms. The highest BCUT2D eigenvalue weighted by Crippen LogP contribution is 2.55. The molecule has 0 atom stereocenters. The normalized spacial score (nSPS) is 12.9. The number of hydrogen-bond acceptors (Lipinski definition) is 4. The van der Waals surface area contributed by atoms with Crippen molar-refractivity contribution in [2.75, 3.05) is 0 Å². The SMILES string of the molecule is CCCCCCCCC1(CCCCCCCC)c2ccccc2-c2cc(B(c3ccccc3)c3ccccc3)c(-c3ccc(-c4ccc(C)s4)c4nsnc34)cc21. The van der Waals surface area contributed by atoms with Gasteiger partial charge in [0, 0.05) is 26.3 Å². The Bertz CT molecular complexity index is 2320. The van der Waals surface area contributed by atoms with E-state index >= 15 is 0 Å². The van der Waals surface area contributed by atoms with Crippen LogP contribution in [0.25, 0.3) is 43.7 Å². The van der Waals surface area contributed by atoms with Gasteiger partial charge in [-0.25, -0.2) is 0 Å². The van der Waals surface area contributed by atoms with Gasteiger partial charge in [0.25, 0.3) is 0 Å². The van der Waals surface area contributed by atoms with Gasteiger partial charge in [0.05, 0.1) is 11.7 Å². The molecule has 0 bridgehead atoms. The number of aryl methyl sites for hydroxylation is 1. The lowest BCUT2D eigenvalue weighted by molar-refractivity contribution is 0.398. The van der Waals surface area contributed by atoms with Crippen molar-refractivity contribution in [1.82, 2.24) is 8.75 Å². The van der Waals surface area contributed by atoms with Gasteiger partial charge in [0.1, 0.15) is 11.0 Å². The summed E-state index contributed by atoms with van der Waals surface area (Å²) in [6, 6.07) is 46.2. The second-order valence-corrected chi connectivity index (χ2v) is 18.3. The summed E-state index contributed by atoms with van der Waals surface area (Å²) in [5.41, 5.74) is 15.5. The van der Waals surface area contributed by atoms with Crippen LogP contribution in [0.15, 0.2) is 121 Å². The third kappa shape index (κ3) is 8.21. The van der Waals surface area contributed by atoms with Crippen molar-refractivity contribution in [3.05, 3.63) is 137 Å². The number of fused-ring (bicyclic) bond motifs is 4. The van der Waals surface area contributed by atoms with Crippen LogP contribution in [0.4, 0.5) is 0 Å². The number of hydrogen-bond donors (Lipinski definition) is 0. The van der Waals surface area contributed by atoms with Gasteiger partial charge < -0.3 is 0 Å². The fourth-order valence-electron chi connectivity index (χ4n) is 9.77. The van der Waals surface area contributed by atoms with Gasteiger partial charge in [-0.15, -0.1) is 11.3 Å². The summed E-state index contributed by atoms with van der Waals surface area (Å²) in [5, 5.41) is 0. The zero-order chi connectivity index (χ0) is 39.0. The van der Waals surface area contributed by atoms with E-state index in [4.69, 9.17) is 8.75 Å². The lowest BCUT2D eigenvalue weighted by atomic mass is 9.36. The summed E-state index contributed by atoms with van der Waals surface area (Å²) in [7, 11) is 0. The molecule has 1 aliphatic carbocycles. The van der Waals surface area contributed by atoms with E-state index in [-0.39, 0.29) is 12.1 Å². The molecule has 2 heterocycles. The molecule has 0 amide bonds. The first-order valence-corrected chi connectivity index (χ1v) is 23.4. The number of rotatable bonds is 19. The number of benzene rings is 5. The molecule has 2 aromatic heterocycles. The zero-order valence-electron chi connectivity index (χ0n) is 34.2. The highest BCUT2D eigenvalue weighted by Gasteiger charge is 2.43. The van der Waals surface area contributed by atoms with Gasteiger partial charge in [-0.05, 0) is 59.7 Å². The van der Waals surface area contributed by atoms with Gasteiger partial charge in [-0.2, -0.15) is 8.75 Å². The minimum absolute atomic E-state index is 0.0163. The minimum atomic E-state index is -0.0163. The van der Waals surface area contributed by atoms with E-state index in [0.717, 1.165) is 11.0 Å². The Morgan fingerprint density at radius 3 is 1.67 bits per heavy atom. The van der Waals surface area contributed by atoms with Crippen molar-refractivity contribution in [3.8, 4) is 32.7 Å². The van der Waals surface area contributed by atoms with Crippen LogP contribution in [0.1, 0.15) is 120 Å². The molecule has 0 radical (unpaired) electrons. The van der Waals surface area contributed by atoms with Crippen LogP contribution in [0.3, 0.4) is 0 Å². The van der Waals surface area contributed by atoms with E-state index in [1.54, 1.807) is 5.56 Å². The van der Waals surface area contributed by atoms with Crippen molar-refractivity contribution >= 4 is 57.2 Å². The van der Waals surface area contributed by atoms with Crippen LogP contribution in [-0.4, -0.2) is 15.5 Å². The average Bonchev–Trinajstić information content (AvgIpc) is 3.98. The van der Waals surface area contributed by atoms with Crippen LogP contribution in [0.5, 0.6) is 0 Å². The molecule has 5 heteroatoms. The summed E-state index contributed by atoms with van der Waals surface area (Å²) >= 11 is 3.18. The molecule has 2 nitrogen and oxygen atoms in total. The summed E-state index contributed by atoms with van der Waals surface area (Å²) in [6.07, 6.45) is 18.1. The van der Waals surface area contributed by atoms with Crippen LogP contribution < -0.4 is 16.4 Å². The van der Waals surface area contributed by atoms with Crippen molar-refractivity contribution in [2.24, 2.45) is 0 Å². The van der Waals surface area contributed by atoms with Crippen LogP contribution in [-0.2, 0) is 5.41 Å². The van der Waals surface area contributed by atoms with Gasteiger partial charge in [0.2, 0.25) is 6.71 Å². The van der Waals surface area contributed by atoms with E-state index in [2.05, 4.69) is 142 Å². The Morgan fingerprint density at radius 1 is 0.491 bits per heavy atom. The van der Waals surface area contributed by atoms with E-state index in [1.807, 2.05) is 11.3 Å². The van der Waals surface area contributed by atoms with E-state index < -0.39 is 0 Å². The molecule has 0 N–H and O–H groups in total. The Hall–Kier alpha value is -4.32. The summed E-state index contributed by atoms with van der Waals surface area (Å²) in [4.78, 5) is 2.57. The minimum Gasteiger partial charge on any atom is -0.172 e. The second-order valence-electron chi connectivity index (χ2n) is 16.4. The lowest BCUT2D eigenvalue weighted by Crippen LogP contribution is -2.52. The Labute approximate surface area is 350 Å². The second kappa shape index (κ2) is 18.5. The van der Waals surface area contributed by atoms with Crippen LogP contribution in [0, 0.1) is 6.92 Å². The fourth-order valence-corrected chi connectivity index (χ4v) is 11.2. The lowest BCUT2D eigenvalue weighted by Gasteiger charge is -2.34. The number of thiophene rings is 1. The highest BCUT2D eigenvalue weighted by molar-refractivity contribution is 7.15. The van der Waals surface area contributed by atoms with Gasteiger partial charge >= 0.3 is 0 Å². The molecule has 0 saturated heterocycles. The van der Waals surface area contributed by atoms with Gasteiger partial charge in [-0.3, -0.25) is 0 Å². The largest absolute Gasteiger partial charge is 0.242 e. The van der Waals surface area contributed by atoms with E-state index in [0.29, 0.717) is 0 Å². The molecule has 290 valence electrons. The fraction of sp³-hybridized carbons (Fsp3) is 0.346. The average molecular weight is 785 g/mol. The molecule has 0 saturated carbocycles. The Balaban J connectivity index is 1.35. The molecular weight excluding hydrogens is 728 g/mol. The molecule has 0 aliphatic heterocycles. The Morgan fingerprint density at radius 2 is 1.05 bits per heavy atom. The molecule has 0 fully saturated rings. The molecule has 8 rings (SSSR count). The summed E-state index contributed by atoms with van der Waals surface area (Å²) in [6.45, 7) is 6.87. The first kappa shape index (κ1) is 39.5. The van der Waals surface area contributed by atoms with Crippen molar-refractivity contribution in [2.45, 2.75) is 116 Å². The molecule has 7 aromatic rings. The summed E-state index contributed by atoms with van der Waals surface area (Å²) < 4.78 is 10.1. The smallest absolute Gasteiger partial charge is 0.172 e. The third-order valence-corrected chi connectivity index (χ3v) is 14.2. The summed E-state index contributed by atoms with van der Waals surface area (Å²) in [5.74, 6) is 0. The predicted molar refractivity (Wildman–Crippen MR) is 251 cm³/mol. The maximum atomic E-state index is 5.11. The maximum Gasteiger partial charge on any atom is 0.242 e. The van der Waals surface area contributed by atoms with Crippen molar-refractivity contribution in [3.63, 3.8) is 0 Å². The predicted octanol–water partition coefficient (Wildman–Crippen LogP) is 13.7. The molecule has 0 unspecified atom stereocenters. The highest BCUT2D eigenvalue weighted by atomic mass is 32.1. The van der Waals surface area contributed by atoms with Gasteiger partial charge in [0.15, 0.2) is 0 Å². The topological polar surface area (TPSA) is 25.8 Å². The van der Waals surface area contributed by atoms with E-state index in [1.165, 1.54) is 161 Å². The Kier molecular flexibility index (Phi) is 12.8. The monoisotopic (exact) mass is 784 g/mol. The van der Waals surface area contributed by atoms with Crippen LogP contribution in [0.2, 0.25) is 0 Å². The maximum absolute atomic E-state index is 5.11. The third-order valence-electron chi connectivity index (χ3n) is 12.6. The van der Waals surface area contributed by atoms with E-state index in [9.17, 15) is 0 Å². The number of unbranched alkanes of at least 4 members (excludes halogenated alkanes) is 10. The van der Waals surface area contributed by atoms with Crippen molar-refractivity contribution in [1.29, 1.82) is 0 Å². The quantitative estimate of drug-likeness (QED) is 0.0603. The first-order chi connectivity index (χ1) is 28.1. The molecule has 5 aromatic carbocycles. The molecular formula is C52H57BN2S2. The van der Waals surface area contributed by atoms with Crippen molar-refractivity contribution < 1.29 is 0 Å². The van der Waals surface area contributed by atoms with Crippen LogP contribution >= 0.6 is 23.1 Å². The first-order valence-electron chi connectivity index (χ1n) is 21.8. The number of nitrogens with zero attached hydrogens (tertiary/aromatic N) is 2. The molecule has 57 heavy (non-hydrogen) atoms. The zero-order valence-corrected chi connectivity index (χ0v) is 35.9.